The SMILES string of the molecule is O=C(NCCN1CCc2c(F)cccc21)Nc1cccc2ccccc12. The largest absolute Gasteiger partial charge is 0.369 e. The zero-order chi connectivity index (χ0) is 17.9. The average Bonchev–Trinajstić information content (AvgIpc) is 3.07. The van der Waals surface area contributed by atoms with Crippen molar-refractivity contribution in [3.05, 3.63) is 72.0 Å². The molecule has 2 N–H and O–H groups in total. The highest BCUT2D eigenvalue weighted by atomic mass is 19.1. The molecule has 0 radical (unpaired) electrons. The van der Waals surface area contributed by atoms with Crippen molar-refractivity contribution in [2.75, 3.05) is 29.9 Å². The maximum Gasteiger partial charge on any atom is 0.319 e. The predicted molar refractivity (Wildman–Crippen MR) is 103 cm³/mol. The Bertz CT molecular complexity index is 952. The summed E-state index contributed by atoms with van der Waals surface area (Å²) in [7, 11) is 0. The third-order valence-corrected chi connectivity index (χ3v) is 4.77. The van der Waals surface area contributed by atoms with Crippen molar-refractivity contribution in [2.24, 2.45) is 0 Å². The van der Waals surface area contributed by atoms with Gasteiger partial charge in [0.25, 0.3) is 0 Å². The van der Waals surface area contributed by atoms with Crippen molar-refractivity contribution in [1.82, 2.24) is 5.32 Å². The first-order chi connectivity index (χ1) is 12.7. The van der Waals surface area contributed by atoms with Gasteiger partial charge in [-0.15, -0.1) is 0 Å². The highest BCUT2D eigenvalue weighted by molar-refractivity contribution is 6.01. The number of fused-ring (bicyclic) bond motifs is 2. The third kappa shape index (κ3) is 3.20. The molecule has 0 aromatic heterocycles. The second-order valence-corrected chi connectivity index (χ2v) is 6.38. The standard InChI is InChI=1S/C21H20FN3O/c22-18-8-4-10-20-17(18)11-13-25(20)14-12-23-21(26)24-19-9-3-6-15-5-1-2-7-16(15)19/h1-10H,11-14H2,(H2,23,24,26). The highest BCUT2D eigenvalue weighted by Gasteiger charge is 2.21. The molecule has 26 heavy (non-hydrogen) atoms. The van der Waals surface area contributed by atoms with Crippen LogP contribution in [0.1, 0.15) is 5.56 Å². The summed E-state index contributed by atoms with van der Waals surface area (Å²) in [6.07, 6.45) is 0.713. The van der Waals surface area contributed by atoms with Gasteiger partial charge in [0, 0.05) is 36.3 Å². The zero-order valence-electron chi connectivity index (χ0n) is 14.3. The number of nitrogens with zero attached hydrogens (tertiary/aromatic N) is 1. The molecule has 0 bridgehead atoms. The van der Waals surface area contributed by atoms with E-state index in [1.807, 2.05) is 48.5 Å². The Kier molecular flexibility index (Phi) is 4.44. The number of amides is 2. The normalized spacial score (nSPS) is 12.9. The molecule has 1 aliphatic rings. The smallest absolute Gasteiger partial charge is 0.319 e. The van der Waals surface area contributed by atoms with Crippen molar-refractivity contribution >= 4 is 28.2 Å². The Morgan fingerprint density at radius 1 is 1.04 bits per heavy atom. The lowest BCUT2D eigenvalue weighted by atomic mass is 10.1. The first-order valence-electron chi connectivity index (χ1n) is 8.77. The second kappa shape index (κ2) is 7.04. The number of anilines is 2. The Balaban J connectivity index is 1.35. The summed E-state index contributed by atoms with van der Waals surface area (Å²) in [5.41, 5.74) is 2.49. The molecule has 0 saturated heterocycles. The van der Waals surface area contributed by atoms with E-state index < -0.39 is 0 Å². The van der Waals surface area contributed by atoms with E-state index in [9.17, 15) is 9.18 Å². The van der Waals surface area contributed by atoms with Gasteiger partial charge in [-0.05, 0) is 30.0 Å². The van der Waals surface area contributed by atoms with Gasteiger partial charge in [0.05, 0.1) is 5.69 Å². The molecule has 1 heterocycles. The number of urea groups is 1. The maximum absolute atomic E-state index is 13.8. The minimum atomic E-state index is -0.236. The van der Waals surface area contributed by atoms with Crippen LogP contribution in [-0.2, 0) is 6.42 Å². The molecule has 0 fully saturated rings. The van der Waals surface area contributed by atoms with E-state index in [4.69, 9.17) is 0 Å². The summed E-state index contributed by atoms with van der Waals surface area (Å²) in [4.78, 5) is 14.3. The van der Waals surface area contributed by atoms with Crippen LogP contribution in [0, 0.1) is 5.82 Å². The van der Waals surface area contributed by atoms with Gasteiger partial charge in [-0.2, -0.15) is 0 Å². The van der Waals surface area contributed by atoms with Crippen molar-refractivity contribution < 1.29 is 9.18 Å². The third-order valence-electron chi connectivity index (χ3n) is 4.77. The molecule has 3 aromatic carbocycles. The van der Waals surface area contributed by atoms with Crippen LogP contribution in [0.15, 0.2) is 60.7 Å². The van der Waals surface area contributed by atoms with Gasteiger partial charge >= 0.3 is 6.03 Å². The van der Waals surface area contributed by atoms with Crippen LogP contribution in [0.25, 0.3) is 10.8 Å². The Morgan fingerprint density at radius 3 is 2.77 bits per heavy atom. The van der Waals surface area contributed by atoms with Gasteiger partial charge in [0.15, 0.2) is 0 Å². The van der Waals surface area contributed by atoms with Crippen LogP contribution >= 0.6 is 0 Å². The molecule has 5 heteroatoms. The highest BCUT2D eigenvalue weighted by Crippen LogP contribution is 2.29. The Morgan fingerprint density at radius 2 is 1.85 bits per heavy atom. The second-order valence-electron chi connectivity index (χ2n) is 6.38. The average molecular weight is 349 g/mol. The molecule has 4 rings (SSSR count). The summed E-state index contributed by atoms with van der Waals surface area (Å²) >= 11 is 0. The summed E-state index contributed by atoms with van der Waals surface area (Å²) in [5.74, 6) is -0.147. The van der Waals surface area contributed by atoms with Gasteiger partial charge in [-0.3, -0.25) is 0 Å². The van der Waals surface area contributed by atoms with Crippen LogP contribution in [0.2, 0.25) is 0 Å². The van der Waals surface area contributed by atoms with Gasteiger partial charge in [0.2, 0.25) is 0 Å². The fraction of sp³-hybridized carbons (Fsp3) is 0.190. The molecule has 2 amide bonds. The van der Waals surface area contributed by atoms with Crippen molar-refractivity contribution in [3.63, 3.8) is 0 Å². The van der Waals surface area contributed by atoms with E-state index in [1.54, 1.807) is 6.07 Å². The van der Waals surface area contributed by atoms with Gasteiger partial charge in [0.1, 0.15) is 5.82 Å². The Labute approximate surface area is 151 Å². The van der Waals surface area contributed by atoms with E-state index >= 15 is 0 Å². The van der Waals surface area contributed by atoms with E-state index in [2.05, 4.69) is 15.5 Å². The number of hydrogen-bond donors (Lipinski definition) is 2. The minimum absolute atomic E-state index is 0.147. The molecule has 3 aromatic rings. The first-order valence-corrected chi connectivity index (χ1v) is 8.77. The number of halogens is 1. The maximum atomic E-state index is 13.8. The van der Waals surface area contributed by atoms with E-state index in [-0.39, 0.29) is 11.8 Å². The van der Waals surface area contributed by atoms with Crippen LogP contribution in [0.4, 0.5) is 20.6 Å². The quantitative estimate of drug-likeness (QED) is 0.743. The zero-order valence-corrected chi connectivity index (χ0v) is 14.3. The lowest BCUT2D eigenvalue weighted by Crippen LogP contribution is -2.36. The summed E-state index contributed by atoms with van der Waals surface area (Å²) < 4.78 is 13.8. The van der Waals surface area contributed by atoms with Crippen molar-refractivity contribution in [1.29, 1.82) is 0 Å². The number of rotatable bonds is 4. The fourth-order valence-electron chi connectivity index (χ4n) is 3.50. The number of carbonyl (C=O) groups is 1. The molecule has 0 spiro atoms. The fourth-order valence-corrected chi connectivity index (χ4v) is 3.50. The van der Waals surface area contributed by atoms with Crippen molar-refractivity contribution in [2.45, 2.75) is 6.42 Å². The van der Waals surface area contributed by atoms with Crippen LogP contribution in [0.3, 0.4) is 0 Å². The van der Waals surface area contributed by atoms with Gasteiger partial charge in [-0.25, -0.2) is 9.18 Å². The predicted octanol–water partition coefficient (Wildman–Crippen LogP) is 4.16. The lowest BCUT2D eigenvalue weighted by Gasteiger charge is -2.19. The van der Waals surface area contributed by atoms with E-state index in [0.29, 0.717) is 19.5 Å². The number of hydrogen-bond acceptors (Lipinski definition) is 2. The summed E-state index contributed by atoms with van der Waals surface area (Å²) in [6, 6.07) is 18.7. The van der Waals surface area contributed by atoms with Crippen LogP contribution < -0.4 is 15.5 Å². The molecule has 4 nitrogen and oxygen atoms in total. The molecule has 0 atom stereocenters. The lowest BCUT2D eigenvalue weighted by molar-refractivity contribution is 0.252. The van der Waals surface area contributed by atoms with Crippen molar-refractivity contribution in [3.8, 4) is 0 Å². The summed E-state index contributed by atoms with van der Waals surface area (Å²) in [6.45, 7) is 1.93. The topological polar surface area (TPSA) is 44.4 Å². The molecule has 1 aliphatic heterocycles. The molecule has 132 valence electrons. The van der Waals surface area contributed by atoms with Gasteiger partial charge in [-0.1, -0.05) is 42.5 Å². The Hall–Kier alpha value is -3.08. The molecule has 0 unspecified atom stereocenters. The number of carbonyl (C=O) groups excluding carboxylic acids is 1. The van der Waals surface area contributed by atoms with Gasteiger partial charge < -0.3 is 15.5 Å². The number of benzene rings is 3. The van der Waals surface area contributed by atoms with E-state index in [1.165, 1.54) is 6.07 Å². The monoisotopic (exact) mass is 349 g/mol. The minimum Gasteiger partial charge on any atom is -0.369 e. The number of nitrogens with one attached hydrogen (secondary N) is 2. The molecule has 0 saturated carbocycles. The van der Waals surface area contributed by atoms with Crippen LogP contribution in [-0.4, -0.2) is 25.7 Å². The summed E-state index contributed by atoms with van der Waals surface area (Å²) in [5, 5.41) is 7.89. The van der Waals surface area contributed by atoms with E-state index in [0.717, 1.165) is 34.3 Å². The molecule has 0 aliphatic carbocycles. The van der Waals surface area contributed by atoms with Crippen LogP contribution in [0.5, 0.6) is 0 Å². The molecular weight excluding hydrogens is 329 g/mol. The first kappa shape index (κ1) is 16.4. The molecular formula is C21H20FN3O.